The van der Waals surface area contributed by atoms with Crippen LogP contribution in [-0.4, -0.2) is 55.7 Å². The molecule has 0 atom stereocenters. The van der Waals surface area contributed by atoms with Gasteiger partial charge < -0.3 is 14.5 Å². The fourth-order valence-corrected chi connectivity index (χ4v) is 2.70. The molecule has 0 radical (unpaired) electrons. The largest absolute Gasteiger partial charge is 0.361 e. The van der Waals surface area contributed by atoms with E-state index in [1.54, 1.807) is 4.90 Å². The number of ether oxygens (including phenoxy) is 1. The Balaban J connectivity index is 0. The molecule has 4 nitrogen and oxygen atoms in total. The summed E-state index contributed by atoms with van der Waals surface area (Å²) in [7, 11) is 2.19. The molecule has 0 unspecified atom stereocenters. The molecule has 1 fully saturated rings. The molecule has 1 aliphatic rings. The Morgan fingerprint density at radius 3 is 1.96 bits per heavy atom. The molecule has 23 heavy (non-hydrogen) atoms. The Hall–Kier alpha value is -0.610. The highest BCUT2D eigenvalue weighted by atomic mass is 16.5. The van der Waals surface area contributed by atoms with Gasteiger partial charge in [0.1, 0.15) is 6.73 Å². The van der Waals surface area contributed by atoms with Crippen molar-refractivity contribution in [3.63, 3.8) is 0 Å². The van der Waals surface area contributed by atoms with Gasteiger partial charge in [-0.25, -0.2) is 0 Å². The molecule has 0 aromatic rings. The van der Waals surface area contributed by atoms with Gasteiger partial charge in [-0.1, -0.05) is 59.8 Å². The number of carbonyl (C=O) groups is 1. The first-order valence-electron chi connectivity index (χ1n) is 9.75. The van der Waals surface area contributed by atoms with E-state index in [-0.39, 0.29) is 0 Å². The van der Waals surface area contributed by atoms with Gasteiger partial charge in [0, 0.05) is 25.7 Å². The van der Waals surface area contributed by atoms with E-state index in [2.05, 4.69) is 11.9 Å². The number of carbonyl (C=O) groups excluding carboxylic acids is 1. The van der Waals surface area contributed by atoms with Crippen molar-refractivity contribution in [2.24, 2.45) is 0 Å². The highest BCUT2D eigenvalue weighted by Crippen LogP contribution is 2.20. The Labute approximate surface area is 145 Å². The summed E-state index contributed by atoms with van der Waals surface area (Å²) in [6.07, 6.45) is 10.4. The minimum absolute atomic E-state index is 0.415. The fourth-order valence-electron chi connectivity index (χ4n) is 2.70. The van der Waals surface area contributed by atoms with Gasteiger partial charge in [0.15, 0.2) is 0 Å². The summed E-state index contributed by atoms with van der Waals surface area (Å²) >= 11 is 0. The Morgan fingerprint density at radius 1 is 0.957 bits per heavy atom. The van der Waals surface area contributed by atoms with Gasteiger partial charge in [-0.15, -0.1) is 0 Å². The number of rotatable bonds is 8. The van der Waals surface area contributed by atoms with Crippen molar-refractivity contribution in [3.05, 3.63) is 0 Å². The Bertz CT molecular complexity index is 229. The summed E-state index contributed by atoms with van der Waals surface area (Å²) in [5.74, 6) is 0. The van der Waals surface area contributed by atoms with Crippen molar-refractivity contribution < 1.29 is 9.53 Å². The molecule has 1 aliphatic carbocycles. The molecule has 0 aromatic heterocycles. The van der Waals surface area contributed by atoms with E-state index in [9.17, 15) is 4.79 Å². The van der Waals surface area contributed by atoms with Crippen molar-refractivity contribution in [2.75, 3.05) is 33.5 Å². The molecular formula is C19H42N2O2. The number of amides is 1. The van der Waals surface area contributed by atoms with E-state index in [1.807, 2.05) is 34.6 Å². The van der Waals surface area contributed by atoms with Gasteiger partial charge >= 0.3 is 0 Å². The first kappa shape index (κ1) is 24.6. The van der Waals surface area contributed by atoms with Crippen molar-refractivity contribution in [2.45, 2.75) is 85.6 Å². The highest BCUT2D eigenvalue weighted by Gasteiger charge is 2.16. The summed E-state index contributed by atoms with van der Waals surface area (Å²) in [6.45, 7) is 12.7. The molecule has 140 valence electrons. The third-order valence-corrected chi connectivity index (χ3v) is 4.05. The lowest BCUT2D eigenvalue weighted by atomic mass is 9.96. The lowest BCUT2D eigenvalue weighted by molar-refractivity contribution is -0.123. The van der Waals surface area contributed by atoms with Crippen LogP contribution in [0, 0.1) is 0 Å². The molecule has 1 amide bonds. The molecule has 1 rings (SSSR count). The Kier molecular flexibility index (Phi) is 20.8. The minimum atomic E-state index is 0.415. The maximum Gasteiger partial charge on any atom is 0.211 e. The smallest absolute Gasteiger partial charge is 0.211 e. The summed E-state index contributed by atoms with van der Waals surface area (Å²) in [5, 5.41) is 0. The normalized spacial score (nSPS) is 15.4. The molecule has 0 bridgehead atoms. The molecule has 0 aromatic carbocycles. The molecule has 0 spiro atoms. The molecule has 0 N–H and O–H groups in total. The van der Waals surface area contributed by atoms with E-state index in [1.165, 1.54) is 44.9 Å². The van der Waals surface area contributed by atoms with Gasteiger partial charge in [0.05, 0.1) is 0 Å². The van der Waals surface area contributed by atoms with Gasteiger partial charge in [-0.3, -0.25) is 4.79 Å². The number of likely N-dealkylation sites (N-methyl/N-ethyl adjacent to an activating group) is 1. The number of hydrogen-bond acceptors (Lipinski definition) is 3. The standard InChI is InChI=1S/C15H30N2O2.2C2H6/c1-3-19-14-17(13-18)12-11-16(2)15-9-7-5-4-6-8-10-15;2*1-2/h13,15H,3-12,14H2,1-2H3;2*1-2H3. The van der Waals surface area contributed by atoms with Crippen molar-refractivity contribution in [1.29, 1.82) is 0 Å². The molecule has 1 saturated carbocycles. The molecule has 4 heteroatoms. The van der Waals surface area contributed by atoms with Crippen LogP contribution < -0.4 is 0 Å². The zero-order valence-electron chi connectivity index (χ0n) is 16.6. The average Bonchev–Trinajstić information content (AvgIpc) is 2.58. The summed E-state index contributed by atoms with van der Waals surface area (Å²) < 4.78 is 5.28. The predicted molar refractivity (Wildman–Crippen MR) is 101 cm³/mol. The Morgan fingerprint density at radius 2 is 1.48 bits per heavy atom. The zero-order chi connectivity index (χ0) is 17.9. The monoisotopic (exact) mass is 330 g/mol. The fraction of sp³-hybridized carbons (Fsp3) is 0.947. The van der Waals surface area contributed by atoms with E-state index < -0.39 is 0 Å². The molecule has 0 heterocycles. The van der Waals surface area contributed by atoms with Crippen LogP contribution in [0.25, 0.3) is 0 Å². The second-order valence-electron chi connectivity index (χ2n) is 5.52. The third-order valence-electron chi connectivity index (χ3n) is 4.05. The van der Waals surface area contributed by atoms with Gasteiger partial charge in [-0.2, -0.15) is 0 Å². The molecular weight excluding hydrogens is 288 g/mol. The van der Waals surface area contributed by atoms with E-state index in [0.717, 1.165) is 19.5 Å². The zero-order valence-corrected chi connectivity index (χ0v) is 16.6. The van der Waals surface area contributed by atoms with Crippen LogP contribution in [0.4, 0.5) is 0 Å². The first-order valence-corrected chi connectivity index (χ1v) is 9.75. The van der Waals surface area contributed by atoms with E-state index >= 15 is 0 Å². The van der Waals surface area contributed by atoms with Crippen LogP contribution in [-0.2, 0) is 9.53 Å². The van der Waals surface area contributed by atoms with Crippen LogP contribution in [0.3, 0.4) is 0 Å². The van der Waals surface area contributed by atoms with Crippen LogP contribution in [0.15, 0.2) is 0 Å². The first-order chi connectivity index (χ1) is 11.3. The maximum absolute atomic E-state index is 10.9. The second-order valence-corrected chi connectivity index (χ2v) is 5.52. The lowest BCUT2D eigenvalue weighted by Gasteiger charge is -2.31. The van der Waals surface area contributed by atoms with Gasteiger partial charge in [0.2, 0.25) is 6.41 Å². The van der Waals surface area contributed by atoms with E-state index in [4.69, 9.17) is 4.74 Å². The molecule has 0 saturated heterocycles. The minimum Gasteiger partial charge on any atom is -0.361 e. The number of nitrogens with zero attached hydrogens (tertiary/aromatic N) is 2. The van der Waals surface area contributed by atoms with Crippen molar-refractivity contribution in [1.82, 2.24) is 9.80 Å². The maximum atomic E-state index is 10.9. The average molecular weight is 331 g/mol. The lowest BCUT2D eigenvalue weighted by Crippen LogP contribution is -2.39. The predicted octanol–water partition coefficient (Wildman–Crippen LogP) is 4.54. The van der Waals surface area contributed by atoms with Gasteiger partial charge in [-0.05, 0) is 26.8 Å². The molecule has 0 aliphatic heterocycles. The summed E-state index contributed by atoms with van der Waals surface area (Å²) in [5.41, 5.74) is 0. The van der Waals surface area contributed by atoms with Crippen LogP contribution in [0.1, 0.15) is 79.6 Å². The highest BCUT2D eigenvalue weighted by molar-refractivity contribution is 5.46. The third kappa shape index (κ3) is 13.5. The topological polar surface area (TPSA) is 32.8 Å². The van der Waals surface area contributed by atoms with Crippen LogP contribution in [0.5, 0.6) is 0 Å². The van der Waals surface area contributed by atoms with Crippen LogP contribution in [0.2, 0.25) is 0 Å². The quantitative estimate of drug-likeness (QED) is 0.484. The summed E-state index contributed by atoms with van der Waals surface area (Å²) in [6, 6.07) is 0.695. The summed E-state index contributed by atoms with van der Waals surface area (Å²) in [4.78, 5) is 15.1. The van der Waals surface area contributed by atoms with Crippen molar-refractivity contribution >= 4 is 6.41 Å². The van der Waals surface area contributed by atoms with Crippen molar-refractivity contribution in [3.8, 4) is 0 Å². The SMILES string of the molecule is CC.CC.CCOCN(C=O)CCN(C)C1CCCCCCC1. The van der Waals surface area contributed by atoms with Crippen LogP contribution >= 0.6 is 0 Å². The van der Waals surface area contributed by atoms with Gasteiger partial charge in [0.25, 0.3) is 0 Å². The number of hydrogen-bond donors (Lipinski definition) is 0. The van der Waals surface area contributed by atoms with E-state index in [0.29, 0.717) is 19.4 Å². The second kappa shape index (κ2) is 19.4.